The van der Waals surface area contributed by atoms with E-state index in [-0.39, 0.29) is 10.8 Å². The summed E-state index contributed by atoms with van der Waals surface area (Å²) in [5.41, 5.74) is 9.91. The molecule has 2 aliphatic rings. The second kappa shape index (κ2) is 7.63. The van der Waals surface area contributed by atoms with Gasteiger partial charge in [0.25, 0.3) is 0 Å². The molecule has 3 atom stereocenters. The Labute approximate surface area is 162 Å². The lowest BCUT2D eigenvalue weighted by Gasteiger charge is -2.54. The Morgan fingerprint density at radius 2 is 2.11 bits per heavy atom. The highest BCUT2D eigenvalue weighted by Crippen LogP contribution is 2.56. The van der Waals surface area contributed by atoms with Gasteiger partial charge in [-0.2, -0.15) is 0 Å². The average Bonchev–Trinajstić information content (AvgIpc) is 2.65. The van der Waals surface area contributed by atoms with Crippen LogP contribution in [0.2, 0.25) is 0 Å². The van der Waals surface area contributed by atoms with Crippen molar-refractivity contribution in [2.75, 3.05) is 13.2 Å². The number of hydrogen-bond acceptors (Lipinski definition) is 5. The van der Waals surface area contributed by atoms with Crippen molar-refractivity contribution in [2.45, 2.75) is 64.7 Å². The van der Waals surface area contributed by atoms with Gasteiger partial charge >= 0.3 is 0 Å². The highest BCUT2D eigenvalue weighted by atomic mass is 16.6. The molecule has 5 heteroatoms. The van der Waals surface area contributed by atoms with Crippen LogP contribution in [-0.2, 0) is 10.3 Å². The fourth-order valence-electron chi connectivity index (χ4n) is 5.17. The van der Waals surface area contributed by atoms with Crippen LogP contribution in [0.5, 0.6) is 0 Å². The number of rotatable bonds is 5. The zero-order valence-corrected chi connectivity index (χ0v) is 17.0. The van der Waals surface area contributed by atoms with Crippen molar-refractivity contribution in [3.05, 3.63) is 34.9 Å². The third-order valence-electron chi connectivity index (χ3n) is 6.76. The molecule has 0 heterocycles. The molecule has 3 rings (SSSR count). The van der Waals surface area contributed by atoms with Crippen molar-refractivity contribution < 1.29 is 10.0 Å². The normalized spacial score (nSPS) is 31.9. The fraction of sp³-hybridized carbons (Fsp3) is 0.636. The van der Waals surface area contributed by atoms with E-state index in [1.807, 2.05) is 6.21 Å². The average molecular weight is 372 g/mol. The zero-order valence-electron chi connectivity index (χ0n) is 17.0. The molecule has 1 aromatic rings. The van der Waals surface area contributed by atoms with Crippen molar-refractivity contribution >= 4 is 11.9 Å². The van der Waals surface area contributed by atoms with Gasteiger partial charge in [0, 0.05) is 23.7 Å². The third-order valence-corrected chi connectivity index (χ3v) is 6.76. The van der Waals surface area contributed by atoms with Crippen LogP contribution < -0.4 is 5.73 Å². The summed E-state index contributed by atoms with van der Waals surface area (Å²) < 4.78 is 0. The first-order chi connectivity index (χ1) is 12.9. The van der Waals surface area contributed by atoms with Crippen LogP contribution in [0, 0.1) is 11.3 Å². The number of hydrogen-bond donors (Lipinski definition) is 2. The molecule has 2 aliphatic carbocycles. The fourth-order valence-corrected chi connectivity index (χ4v) is 5.17. The summed E-state index contributed by atoms with van der Waals surface area (Å²) in [6.45, 7) is 9.90. The van der Waals surface area contributed by atoms with Crippen LogP contribution in [0.1, 0.15) is 76.0 Å². The quantitative estimate of drug-likeness (QED) is 0.348. The molecule has 0 bridgehead atoms. The predicted molar refractivity (Wildman–Crippen MR) is 110 cm³/mol. The van der Waals surface area contributed by atoms with E-state index in [2.05, 4.69) is 56.2 Å². The lowest BCUT2D eigenvalue weighted by molar-refractivity contribution is 0.0910. The molecule has 0 saturated heterocycles. The van der Waals surface area contributed by atoms with Crippen LogP contribution in [0.3, 0.4) is 0 Å². The van der Waals surface area contributed by atoms with E-state index in [1.165, 1.54) is 11.1 Å². The van der Waals surface area contributed by atoms with Gasteiger partial charge in [-0.05, 0) is 53.7 Å². The maximum Gasteiger partial charge on any atom is 0.129 e. The van der Waals surface area contributed by atoms with Crippen LogP contribution in [0.15, 0.2) is 28.5 Å². The number of nitrogens with two attached hydrogens (primary N) is 1. The Kier molecular flexibility index (Phi) is 5.61. The van der Waals surface area contributed by atoms with E-state index in [0.29, 0.717) is 25.0 Å². The molecule has 0 spiro atoms. The zero-order chi connectivity index (χ0) is 19.7. The van der Waals surface area contributed by atoms with Gasteiger partial charge in [-0.15, -0.1) is 0 Å². The van der Waals surface area contributed by atoms with E-state index in [1.54, 1.807) is 0 Å². The Hall–Kier alpha value is -1.88. The molecule has 3 N–H and O–H groups in total. The monoisotopic (exact) mass is 371 g/mol. The summed E-state index contributed by atoms with van der Waals surface area (Å²) >= 11 is 0. The van der Waals surface area contributed by atoms with E-state index < -0.39 is 0 Å². The van der Waals surface area contributed by atoms with Gasteiger partial charge in [0.05, 0.1) is 5.71 Å². The summed E-state index contributed by atoms with van der Waals surface area (Å²) in [4.78, 5) is 5.29. The van der Waals surface area contributed by atoms with Crippen molar-refractivity contribution in [3.63, 3.8) is 0 Å². The maximum atomic E-state index is 9.77. The van der Waals surface area contributed by atoms with Crippen molar-refractivity contribution in [2.24, 2.45) is 27.4 Å². The molecular formula is C22H33N3O2. The molecule has 1 fully saturated rings. The van der Waals surface area contributed by atoms with Gasteiger partial charge in [-0.25, -0.2) is 0 Å². The largest absolute Gasteiger partial charge is 0.411 e. The molecule has 148 valence electrons. The minimum Gasteiger partial charge on any atom is -0.411 e. The summed E-state index contributed by atoms with van der Waals surface area (Å²) in [6.07, 6.45) is 6.05. The highest BCUT2D eigenvalue weighted by Gasteiger charge is 2.53. The van der Waals surface area contributed by atoms with Gasteiger partial charge in [0.2, 0.25) is 0 Å². The standard InChI is InChI=1S/C22H33N3O2/c1-15(2)16-6-7-18-17(12-16)19(25-26)13-20-21(3,14-24-27-11-10-23)8-5-9-22(18,20)4/h6-7,12,14-15,20,26H,5,8-11,13,23H2,1-4H3/b24-14+,25-19+/t20?,21-,22-/m1/s1. The number of nitrogens with zero attached hydrogens (tertiary/aromatic N) is 2. The highest BCUT2D eigenvalue weighted by molar-refractivity contribution is 6.03. The second-order valence-electron chi connectivity index (χ2n) is 8.90. The van der Waals surface area contributed by atoms with Crippen LogP contribution >= 0.6 is 0 Å². The first-order valence-corrected chi connectivity index (χ1v) is 10.1. The van der Waals surface area contributed by atoms with E-state index >= 15 is 0 Å². The molecule has 1 unspecified atom stereocenters. The first-order valence-electron chi connectivity index (χ1n) is 10.1. The predicted octanol–water partition coefficient (Wildman–Crippen LogP) is 4.42. The Bertz CT molecular complexity index is 743. The molecule has 0 aromatic heterocycles. The van der Waals surface area contributed by atoms with Crippen molar-refractivity contribution in [3.8, 4) is 0 Å². The molecule has 0 radical (unpaired) electrons. The van der Waals surface area contributed by atoms with Crippen LogP contribution in [0.25, 0.3) is 0 Å². The number of benzene rings is 1. The van der Waals surface area contributed by atoms with Crippen LogP contribution in [-0.4, -0.2) is 30.3 Å². The number of fused-ring (bicyclic) bond motifs is 3. The van der Waals surface area contributed by atoms with E-state index in [0.717, 1.165) is 37.0 Å². The smallest absolute Gasteiger partial charge is 0.129 e. The van der Waals surface area contributed by atoms with Gasteiger partial charge in [0.15, 0.2) is 0 Å². The Morgan fingerprint density at radius 1 is 1.33 bits per heavy atom. The Balaban J connectivity index is 2.04. The second-order valence-corrected chi connectivity index (χ2v) is 8.90. The molecule has 1 aromatic carbocycles. The number of oxime groups is 2. The van der Waals surface area contributed by atoms with Crippen molar-refractivity contribution in [1.82, 2.24) is 0 Å². The van der Waals surface area contributed by atoms with E-state index in [9.17, 15) is 5.21 Å². The molecular weight excluding hydrogens is 338 g/mol. The maximum absolute atomic E-state index is 9.77. The topological polar surface area (TPSA) is 80.2 Å². The van der Waals surface area contributed by atoms with Gasteiger partial charge < -0.3 is 15.8 Å². The molecule has 0 amide bonds. The minimum atomic E-state index is -0.105. The lowest BCUT2D eigenvalue weighted by atomic mass is 9.50. The summed E-state index contributed by atoms with van der Waals surface area (Å²) in [5.74, 6) is 0.761. The summed E-state index contributed by atoms with van der Waals surface area (Å²) in [7, 11) is 0. The third kappa shape index (κ3) is 3.49. The molecule has 0 aliphatic heterocycles. The van der Waals surface area contributed by atoms with Gasteiger partial charge in [-0.1, -0.05) is 56.6 Å². The van der Waals surface area contributed by atoms with Crippen LogP contribution in [0.4, 0.5) is 0 Å². The van der Waals surface area contributed by atoms with Gasteiger partial charge in [-0.3, -0.25) is 0 Å². The summed E-state index contributed by atoms with van der Waals surface area (Å²) in [6, 6.07) is 6.72. The molecule has 5 nitrogen and oxygen atoms in total. The summed E-state index contributed by atoms with van der Waals surface area (Å²) in [5, 5.41) is 17.7. The minimum absolute atomic E-state index is 0.0337. The SMILES string of the molecule is CC(C)c1ccc2c(c1)/C(=N/O)CC1[C@@](C)(/C=N/OCCN)CCC[C@]21C. The van der Waals surface area contributed by atoms with E-state index in [4.69, 9.17) is 10.6 Å². The first kappa shape index (κ1) is 19.9. The Morgan fingerprint density at radius 3 is 2.78 bits per heavy atom. The van der Waals surface area contributed by atoms with Gasteiger partial charge in [0.1, 0.15) is 6.61 Å². The molecule has 1 saturated carbocycles. The molecule has 27 heavy (non-hydrogen) atoms. The van der Waals surface area contributed by atoms with Crippen molar-refractivity contribution in [1.29, 1.82) is 0 Å². The lowest BCUT2D eigenvalue weighted by Crippen LogP contribution is -2.51.